The number of hydrogen-bond acceptors (Lipinski definition) is 3. The summed E-state index contributed by atoms with van der Waals surface area (Å²) < 4.78 is 0. The minimum Gasteiger partial charge on any atom is -0.396 e. The lowest BCUT2D eigenvalue weighted by atomic mass is 10.1. The van der Waals surface area contributed by atoms with Gasteiger partial charge in [0.1, 0.15) is 0 Å². The highest BCUT2D eigenvalue weighted by Gasteiger charge is 2.21. The van der Waals surface area contributed by atoms with Crippen molar-refractivity contribution in [1.29, 1.82) is 0 Å². The molecule has 0 bridgehead atoms. The maximum atomic E-state index is 6.02. The number of nitrogens with two attached hydrogens (primary N) is 1. The van der Waals surface area contributed by atoms with Crippen molar-refractivity contribution in [3.8, 4) is 0 Å². The number of nitrogens with zero attached hydrogens (tertiary/aromatic N) is 2. The van der Waals surface area contributed by atoms with Crippen LogP contribution in [0.2, 0.25) is 0 Å². The van der Waals surface area contributed by atoms with Crippen LogP contribution in [0.15, 0.2) is 18.3 Å². The number of anilines is 2. The van der Waals surface area contributed by atoms with Crippen LogP contribution in [0.3, 0.4) is 0 Å². The van der Waals surface area contributed by atoms with E-state index in [1.165, 1.54) is 32.1 Å². The highest BCUT2D eigenvalue weighted by atomic mass is 15.2. The van der Waals surface area contributed by atoms with Crippen molar-refractivity contribution in [2.75, 3.05) is 17.2 Å². The van der Waals surface area contributed by atoms with Gasteiger partial charge in [-0.1, -0.05) is 19.8 Å². The second kappa shape index (κ2) is 5.19. The van der Waals surface area contributed by atoms with E-state index in [0.717, 1.165) is 18.1 Å². The predicted molar refractivity (Wildman–Crippen MR) is 68.5 cm³/mol. The molecule has 0 saturated carbocycles. The third-order valence-corrected chi connectivity index (χ3v) is 3.44. The topological polar surface area (TPSA) is 42.2 Å². The number of rotatable bonds is 2. The van der Waals surface area contributed by atoms with Gasteiger partial charge >= 0.3 is 0 Å². The van der Waals surface area contributed by atoms with E-state index in [9.17, 15) is 0 Å². The monoisotopic (exact) mass is 219 g/mol. The first-order valence-corrected chi connectivity index (χ1v) is 6.30. The molecule has 1 atom stereocenters. The van der Waals surface area contributed by atoms with E-state index in [1.807, 2.05) is 18.3 Å². The van der Waals surface area contributed by atoms with E-state index in [4.69, 9.17) is 5.73 Å². The molecule has 1 aliphatic rings. The minimum atomic E-state index is 0.611. The van der Waals surface area contributed by atoms with Crippen molar-refractivity contribution in [3.05, 3.63) is 18.3 Å². The van der Waals surface area contributed by atoms with Crippen molar-refractivity contribution in [2.24, 2.45) is 0 Å². The maximum Gasteiger partial charge on any atom is 0.152 e. The van der Waals surface area contributed by atoms with Gasteiger partial charge in [0.25, 0.3) is 0 Å². The summed E-state index contributed by atoms with van der Waals surface area (Å²) in [5.41, 5.74) is 6.82. The predicted octanol–water partition coefficient (Wildman–Crippen LogP) is 2.82. The highest BCUT2D eigenvalue weighted by molar-refractivity contribution is 5.62. The van der Waals surface area contributed by atoms with Crippen LogP contribution in [-0.2, 0) is 0 Å². The summed E-state index contributed by atoms with van der Waals surface area (Å²) in [6, 6.07) is 4.46. The molecular formula is C13H21N3. The maximum absolute atomic E-state index is 6.02. The number of pyridine rings is 1. The normalized spacial score (nSPS) is 21.8. The van der Waals surface area contributed by atoms with Gasteiger partial charge in [0.15, 0.2) is 5.82 Å². The van der Waals surface area contributed by atoms with Crippen LogP contribution in [0, 0.1) is 0 Å². The molecule has 1 aromatic heterocycles. The molecule has 1 saturated heterocycles. The fraction of sp³-hybridized carbons (Fsp3) is 0.615. The zero-order valence-corrected chi connectivity index (χ0v) is 10.0. The van der Waals surface area contributed by atoms with E-state index in [2.05, 4.69) is 16.8 Å². The van der Waals surface area contributed by atoms with Gasteiger partial charge < -0.3 is 10.6 Å². The molecule has 2 rings (SSSR count). The van der Waals surface area contributed by atoms with Crippen molar-refractivity contribution in [2.45, 2.75) is 45.1 Å². The molecule has 88 valence electrons. The van der Waals surface area contributed by atoms with Crippen LogP contribution in [0.25, 0.3) is 0 Å². The molecule has 0 amide bonds. The molecule has 2 heterocycles. The van der Waals surface area contributed by atoms with Crippen LogP contribution in [0.5, 0.6) is 0 Å². The largest absolute Gasteiger partial charge is 0.396 e. The third kappa shape index (κ3) is 2.29. The van der Waals surface area contributed by atoms with Crippen LogP contribution >= 0.6 is 0 Å². The summed E-state index contributed by atoms with van der Waals surface area (Å²) in [5, 5.41) is 0. The molecule has 2 N–H and O–H groups in total. The Balaban J connectivity index is 2.25. The lowest BCUT2D eigenvalue weighted by molar-refractivity contribution is 0.553. The van der Waals surface area contributed by atoms with Gasteiger partial charge in [-0.2, -0.15) is 0 Å². The Kier molecular flexibility index (Phi) is 3.65. The molecular weight excluding hydrogens is 198 g/mol. The summed E-state index contributed by atoms with van der Waals surface area (Å²) in [7, 11) is 0. The Morgan fingerprint density at radius 3 is 3.06 bits per heavy atom. The molecule has 1 aromatic rings. The van der Waals surface area contributed by atoms with Gasteiger partial charge in [-0.3, -0.25) is 0 Å². The van der Waals surface area contributed by atoms with E-state index in [-0.39, 0.29) is 0 Å². The Labute approximate surface area is 97.7 Å². The molecule has 1 aliphatic heterocycles. The van der Waals surface area contributed by atoms with Crippen molar-refractivity contribution < 1.29 is 0 Å². The molecule has 1 unspecified atom stereocenters. The summed E-state index contributed by atoms with van der Waals surface area (Å²) in [5.74, 6) is 0.983. The van der Waals surface area contributed by atoms with Gasteiger partial charge in [0.2, 0.25) is 0 Å². The summed E-state index contributed by atoms with van der Waals surface area (Å²) in [6.45, 7) is 3.35. The van der Waals surface area contributed by atoms with E-state index < -0.39 is 0 Å². The molecule has 0 aromatic carbocycles. The lowest BCUT2D eigenvalue weighted by Gasteiger charge is -2.31. The van der Waals surface area contributed by atoms with Crippen molar-refractivity contribution in [1.82, 2.24) is 4.98 Å². The number of hydrogen-bond donors (Lipinski definition) is 1. The third-order valence-electron chi connectivity index (χ3n) is 3.44. The Morgan fingerprint density at radius 1 is 1.44 bits per heavy atom. The van der Waals surface area contributed by atoms with Gasteiger partial charge in [0.05, 0.1) is 5.69 Å². The first-order chi connectivity index (χ1) is 7.83. The number of nitrogen functional groups attached to an aromatic ring is 1. The zero-order chi connectivity index (χ0) is 11.4. The first-order valence-electron chi connectivity index (χ1n) is 6.30. The van der Waals surface area contributed by atoms with Gasteiger partial charge in [-0.25, -0.2) is 4.98 Å². The molecule has 0 aliphatic carbocycles. The highest BCUT2D eigenvalue weighted by Crippen LogP contribution is 2.27. The Hall–Kier alpha value is -1.25. The van der Waals surface area contributed by atoms with Crippen LogP contribution < -0.4 is 10.6 Å². The lowest BCUT2D eigenvalue weighted by Crippen LogP contribution is -2.35. The SMILES string of the molecule is CCC1CCCCCN1c1ncccc1N. The molecule has 0 radical (unpaired) electrons. The number of aromatic nitrogens is 1. The zero-order valence-electron chi connectivity index (χ0n) is 10.0. The summed E-state index contributed by atoms with van der Waals surface area (Å²) in [6.07, 6.45) is 8.21. The second-order valence-corrected chi connectivity index (χ2v) is 4.52. The summed E-state index contributed by atoms with van der Waals surface area (Å²) in [4.78, 5) is 6.85. The first kappa shape index (κ1) is 11.2. The van der Waals surface area contributed by atoms with Crippen LogP contribution in [0.4, 0.5) is 11.5 Å². The molecule has 16 heavy (non-hydrogen) atoms. The standard InChI is InChI=1S/C13H21N3/c1-2-11-7-4-3-5-10-16(11)13-12(14)8-6-9-15-13/h6,8-9,11H,2-5,7,10,14H2,1H3. The molecule has 3 heteroatoms. The van der Waals surface area contributed by atoms with Crippen molar-refractivity contribution >= 4 is 11.5 Å². The van der Waals surface area contributed by atoms with E-state index in [1.54, 1.807) is 0 Å². The molecule has 3 nitrogen and oxygen atoms in total. The Morgan fingerprint density at radius 2 is 2.31 bits per heavy atom. The molecule has 0 spiro atoms. The fourth-order valence-corrected chi connectivity index (χ4v) is 2.53. The average molecular weight is 219 g/mol. The van der Waals surface area contributed by atoms with Crippen molar-refractivity contribution in [3.63, 3.8) is 0 Å². The van der Waals surface area contributed by atoms with E-state index >= 15 is 0 Å². The van der Waals surface area contributed by atoms with Gasteiger partial charge in [-0.15, -0.1) is 0 Å². The van der Waals surface area contributed by atoms with Crippen LogP contribution in [-0.4, -0.2) is 17.6 Å². The second-order valence-electron chi connectivity index (χ2n) is 4.52. The summed E-state index contributed by atoms with van der Waals surface area (Å²) >= 11 is 0. The quantitative estimate of drug-likeness (QED) is 0.831. The van der Waals surface area contributed by atoms with Crippen LogP contribution in [0.1, 0.15) is 39.0 Å². The smallest absolute Gasteiger partial charge is 0.152 e. The van der Waals surface area contributed by atoms with Gasteiger partial charge in [0, 0.05) is 18.8 Å². The minimum absolute atomic E-state index is 0.611. The average Bonchev–Trinajstić information content (AvgIpc) is 2.54. The van der Waals surface area contributed by atoms with E-state index in [0.29, 0.717) is 6.04 Å². The fourth-order valence-electron chi connectivity index (χ4n) is 2.53. The Bertz CT molecular complexity index is 338. The molecule has 1 fully saturated rings. The van der Waals surface area contributed by atoms with Gasteiger partial charge in [-0.05, 0) is 31.4 Å².